The fourth-order valence-electron chi connectivity index (χ4n) is 3.92. The summed E-state index contributed by atoms with van der Waals surface area (Å²) in [5.74, 6) is 1.68. The summed E-state index contributed by atoms with van der Waals surface area (Å²) in [5, 5.41) is 2.93. The molecule has 0 saturated carbocycles. The average Bonchev–Trinajstić information content (AvgIpc) is 2.81. The maximum atomic E-state index is 14.1. The SMILES string of the molecule is C#CCCC[C@@H](NC(=O)C(c1ccccc1)(c1ccccc1)c1ccccc1)C(N)=O. The molecule has 4 heteroatoms. The Hall–Kier alpha value is -3.84. The molecule has 1 atom stereocenters. The van der Waals surface area contributed by atoms with Crippen LogP contribution >= 0.6 is 0 Å². The van der Waals surface area contributed by atoms with Gasteiger partial charge in [-0.2, -0.15) is 0 Å². The number of nitrogens with two attached hydrogens (primary N) is 1. The van der Waals surface area contributed by atoms with Crippen molar-refractivity contribution >= 4 is 11.8 Å². The molecule has 0 aliphatic rings. The first-order chi connectivity index (χ1) is 15.1. The lowest BCUT2D eigenvalue weighted by molar-refractivity contribution is -0.129. The minimum atomic E-state index is -1.15. The third-order valence-corrected chi connectivity index (χ3v) is 5.42. The number of hydrogen-bond donors (Lipinski definition) is 2. The molecule has 4 nitrogen and oxygen atoms in total. The lowest BCUT2D eigenvalue weighted by Gasteiger charge is -2.35. The molecule has 0 unspecified atom stereocenters. The highest BCUT2D eigenvalue weighted by atomic mass is 16.2. The van der Waals surface area contributed by atoms with Crippen molar-refractivity contribution < 1.29 is 9.59 Å². The highest BCUT2D eigenvalue weighted by molar-refractivity contribution is 5.98. The Morgan fingerprint density at radius 2 is 1.26 bits per heavy atom. The smallest absolute Gasteiger partial charge is 0.240 e. The lowest BCUT2D eigenvalue weighted by Crippen LogP contribution is -2.53. The third kappa shape index (κ3) is 4.67. The molecule has 3 aromatic carbocycles. The first kappa shape index (κ1) is 21.9. The van der Waals surface area contributed by atoms with Gasteiger partial charge in [0, 0.05) is 6.42 Å². The van der Waals surface area contributed by atoms with Gasteiger partial charge in [-0.15, -0.1) is 12.3 Å². The number of terminal acetylenes is 1. The average molecular weight is 411 g/mol. The number of carbonyl (C=O) groups excluding carboxylic acids is 2. The quantitative estimate of drug-likeness (QED) is 0.320. The number of nitrogens with one attached hydrogen (secondary N) is 1. The molecule has 3 rings (SSSR count). The lowest BCUT2D eigenvalue weighted by atomic mass is 9.68. The minimum Gasteiger partial charge on any atom is -0.368 e. The second-order valence-corrected chi connectivity index (χ2v) is 7.37. The van der Waals surface area contributed by atoms with E-state index in [4.69, 9.17) is 12.2 Å². The molecule has 3 N–H and O–H groups in total. The fraction of sp³-hybridized carbons (Fsp3) is 0.185. The van der Waals surface area contributed by atoms with Crippen molar-refractivity contribution in [3.05, 3.63) is 108 Å². The molecule has 0 fully saturated rings. The molecule has 3 aromatic rings. The van der Waals surface area contributed by atoms with Crippen molar-refractivity contribution in [2.45, 2.75) is 30.7 Å². The molecule has 0 radical (unpaired) electrons. The first-order valence-electron chi connectivity index (χ1n) is 10.3. The van der Waals surface area contributed by atoms with Gasteiger partial charge in [-0.3, -0.25) is 9.59 Å². The zero-order valence-corrected chi connectivity index (χ0v) is 17.3. The van der Waals surface area contributed by atoms with Crippen molar-refractivity contribution in [3.63, 3.8) is 0 Å². The Morgan fingerprint density at radius 1 is 0.839 bits per heavy atom. The molecular weight excluding hydrogens is 384 g/mol. The van der Waals surface area contributed by atoms with E-state index < -0.39 is 17.4 Å². The Morgan fingerprint density at radius 3 is 1.61 bits per heavy atom. The van der Waals surface area contributed by atoms with Crippen LogP contribution in [-0.4, -0.2) is 17.9 Å². The zero-order valence-electron chi connectivity index (χ0n) is 17.3. The number of hydrogen-bond acceptors (Lipinski definition) is 2. The summed E-state index contributed by atoms with van der Waals surface area (Å²) >= 11 is 0. The van der Waals surface area contributed by atoms with Gasteiger partial charge in [0.05, 0.1) is 0 Å². The van der Waals surface area contributed by atoms with E-state index >= 15 is 0 Å². The van der Waals surface area contributed by atoms with E-state index in [0.29, 0.717) is 19.3 Å². The summed E-state index contributed by atoms with van der Waals surface area (Å²) < 4.78 is 0. The summed E-state index contributed by atoms with van der Waals surface area (Å²) in [6.45, 7) is 0. The van der Waals surface area contributed by atoms with Crippen molar-refractivity contribution in [1.82, 2.24) is 5.32 Å². The number of carbonyl (C=O) groups is 2. The number of rotatable bonds is 9. The minimum absolute atomic E-state index is 0.305. The molecule has 0 bridgehead atoms. The molecule has 31 heavy (non-hydrogen) atoms. The van der Waals surface area contributed by atoms with Crippen molar-refractivity contribution in [2.24, 2.45) is 5.73 Å². The van der Waals surface area contributed by atoms with Gasteiger partial charge < -0.3 is 11.1 Å². The highest BCUT2D eigenvalue weighted by Gasteiger charge is 2.44. The Bertz CT molecular complexity index is 944. The third-order valence-electron chi connectivity index (χ3n) is 5.42. The number of benzene rings is 3. The van der Waals surface area contributed by atoms with Gasteiger partial charge in [0.25, 0.3) is 0 Å². The van der Waals surface area contributed by atoms with E-state index in [2.05, 4.69) is 11.2 Å². The van der Waals surface area contributed by atoms with Gasteiger partial charge >= 0.3 is 0 Å². The fourth-order valence-corrected chi connectivity index (χ4v) is 3.92. The van der Waals surface area contributed by atoms with Gasteiger partial charge in [-0.1, -0.05) is 91.0 Å². The van der Waals surface area contributed by atoms with Gasteiger partial charge in [0.15, 0.2) is 0 Å². The van der Waals surface area contributed by atoms with Gasteiger partial charge in [0.1, 0.15) is 11.5 Å². The normalized spacial score (nSPS) is 11.8. The summed E-state index contributed by atoms with van der Waals surface area (Å²) in [6, 6.07) is 27.9. The molecule has 0 aromatic heterocycles. The van der Waals surface area contributed by atoms with Crippen LogP contribution in [0.2, 0.25) is 0 Å². The molecule has 156 valence electrons. The van der Waals surface area contributed by atoms with Crippen molar-refractivity contribution in [3.8, 4) is 12.3 Å². The van der Waals surface area contributed by atoms with Crippen LogP contribution in [0.1, 0.15) is 36.0 Å². The van der Waals surface area contributed by atoms with Crippen LogP contribution in [0.15, 0.2) is 91.0 Å². The van der Waals surface area contributed by atoms with Crippen LogP contribution in [0, 0.1) is 12.3 Å². The van der Waals surface area contributed by atoms with E-state index in [1.54, 1.807) is 0 Å². The van der Waals surface area contributed by atoms with Crippen LogP contribution in [0.5, 0.6) is 0 Å². The van der Waals surface area contributed by atoms with Gasteiger partial charge in [-0.25, -0.2) is 0 Å². The monoisotopic (exact) mass is 410 g/mol. The number of unbranched alkanes of at least 4 members (excludes halogenated alkanes) is 1. The number of amides is 2. The molecule has 0 aliphatic heterocycles. The van der Waals surface area contributed by atoms with Crippen LogP contribution in [0.4, 0.5) is 0 Å². The molecule has 0 saturated heterocycles. The maximum absolute atomic E-state index is 14.1. The second kappa shape index (κ2) is 10.3. The van der Waals surface area contributed by atoms with Crippen LogP contribution in [0.3, 0.4) is 0 Å². The van der Waals surface area contributed by atoms with Gasteiger partial charge in [0.2, 0.25) is 11.8 Å². The van der Waals surface area contributed by atoms with E-state index in [1.807, 2.05) is 91.0 Å². The topological polar surface area (TPSA) is 72.2 Å². The molecule has 0 spiro atoms. The first-order valence-corrected chi connectivity index (χ1v) is 10.3. The Kier molecular flexibility index (Phi) is 7.24. The molecule has 0 aliphatic carbocycles. The summed E-state index contributed by atoms with van der Waals surface area (Å²) in [4.78, 5) is 26.2. The molecule has 0 heterocycles. The summed E-state index contributed by atoms with van der Waals surface area (Å²) in [6.07, 6.45) is 6.84. The standard InChI is InChI=1S/C27H26N2O2/c1-2-3-7-20-24(25(28)30)29-26(31)27(21-14-8-4-9-15-21,22-16-10-5-11-17-22)23-18-12-6-13-19-23/h1,4-6,8-19,24H,3,7,20H2,(H2,28,30)(H,29,31)/t24-/m1/s1. The largest absolute Gasteiger partial charge is 0.368 e. The van der Waals surface area contributed by atoms with Gasteiger partial charge in [-0.05, 0) is 29.5 Å². The van der Waals surface area contributed by atoms with E-state index in [0.717, 1.165) is 16.7 Å². The number of primary amides is 1. The van der Waals surface area contributed by atoms with E-state index in [9.17, 15) is 9.59 Å². The van der Waals surface area contributed by atoms with E-state index in [-0.39, 0.29) is 5.91 Å². The predicted molar refractivity (Wildman–Crippen MR) is 123 cm³/mol. The molecular formula is C27H26N2O2. The maximum Gasteiger partial charge on any atom is 0.240 e. The van der Waals surface area contributed by atoms with Crippen molar-refractivity contribution in [1.29, 1.82) is 0 Å². The van der Waals surface area contributed by atoms with Crippen molar-refractivity contribution in [2.75, 3.05) is 0 Å². The Balaban J connectivity index is 2.17. The summed E-state index contributed by atoms with van der Waals surface area (Å²) in [7, 11) is 0. The zero-order chi connectivity index (χ0) is 22.1. The van der Waals surface area contributed by atoms with Crippen LogP contribution < -0.4 is 11.1 Å². The van der Waals surface area contributed by atoms with Crippen LogP contribution in [-0.2, 0) is 15.0 Å². The predicted octanol–water partition coefficient (Wildman–Crippen LogP) is 3.79. The van der Waals surface area contributed by atoms with E-state index in [1.165, 1.54) is 0 Å². The summed E-state index contributed by atoms with van der Waals surface area (Å²) in [5.41, 5.74) is 6.88. The highest BCUT2D eigenvalue weighted by Crippen LogP contribution is 2.39. The Labute approximate surface area is 183 Å². The second-order valence-electron chi connectivity index (χ2n) is 7.37. The van der Waals surface area contributed by atoms with Crippen LogP contribution in [0.25, 0.3) is 0 Å². The molecule has 2 amide bonds.